The third kappa shape index (κ3) is 11.0. The maximum atomic E-state index is 14.6. The van der Waals surface area contributed by atoms with Gasteiger partial charge in [0, 0.05) is 86.9 Å². The first-order valence-corrected chi connectivity index (χ1v) is 21.7. The van der Waals surface area contributed by atoms with Crippen LogP contribution in [-0.2, 0) is 28.6 Å². The number of hydrogen-bond donors (Lipinski definition) is 5. The molecule has 0 fully saturated rings. The summed E-state index contributed by atoms with van der Waals surface area (Å²) in [6.45, 7) is 21.1. The third-order valence-electron chi connectivity index (χ3n) is 12.5. The van der Waals surface area contributed by atoms with Crippen LogP contribution in [0, 0.1) is 30.6 Å². The van der Waals surface area contributed by atoms with E-state index in [0.717, 1.165) is 13.1 Å². The summed E-state index contributed by atoms with van der Waals surface area (Å²) in [5.74, 6) is -8.02. The molecule has 9 atom stereocenters. The minimum Gasteiger partial charge on any atom is -0.507 e. The van der Waals surface area contributed by atoms with Gasteiger partial charge in [-0.25, -0.2) is 0 Å². The topological polar surface area (TPSA) is 214 Å². The number of aliphatic hydroxyl groups is 2. The monoisotopic (exact) mass is 881 g/mol. The van der Waals surface area contributed by atoms with Gasteiger partial charge in [-0.05, 0) is 39.9 Å². The summed E-state index contributed by atoms with van der Waals surface area (Å²) in [5, 5.41) is 48.7. The highest BCUT2D eigenvalue weighted by Gasteiger charge is 2.50. The van der Waals surface area contributed by atoms with Crippen LogP contribution in [0.1, 0.15) is 85.2 Å². The Morgan fingerprint density at radius 1 is 0.905 bits per heavy atom. The Labute approximate surface area is 370 Å². The van der Waals surface area contributed by atoms with Crippen LogP contribution >= 0.6 is 0 Å². The number of nitrogens with one attached hydrogen (secondary N) is 1. The van der Waals surface area contributed by atoms with Gasteiger partial charge in [-0.2, -0.15) is 0 Å². The van der Waals surface area contributed by atoms with Gasteiger partial charge in [-0.15, -0.1) is 0 Å². The van der Waals surface area contributed by atoms with E-state index < -0.39 is 89.6 Å². The number of methoxy groups -OCH3 is 1. The van der Waals surface area contributed by atoms with E-state index in [2.05, 4.69) is 10.2 Å². The van der Waals surface area contributed by atoms with Crippen molar-refractivity contribution in [2.75, 3.05) is 51.8 Å². The first-order chi connectivity index (χ1) is 29.7. The summed E-state index contributed by atoms with van der Waals surface area (Å²) in [6, 6.07) is 1.28. The Hall–Kier alpha value is -5.16. The predicted octanol–water partition coefficient (Wildman–Crippen LogP) is 5.62. The molecule has 0 radical (unpaired) electrons. The molecule has 3 aliphatic rings. The van der Waals surface area contributed by atoms with E-state index in [-0.39, 0.29) is 50.6 Å². The molecule has 0 aromatic heterocycles. The van der Waals surface area contributed by atoms with Crippen molar-refractivity contribution in [1.29, 1.82) is 0 Å². The molecule has 0 saturated carbocycles. The summed E-state index contributed by atoms with van der Waals surface area (Å²) in [4.78, 5) is 58.1. The number of phenols is 2. The van der Waals surface area contributed by atoms with E-state index in [1.807, 2.05) is 20.8 Å². The number of nitrogens with zero attached hydrogens (tertiary/aromatic N) is 2. The fourth-order valence-electron chi connectivity index (χ4n) is 8.24. The molecule has 3 heterocycles. The number of hydrogen-bond acceptors (Lipinski definition) is 14. The highest BCUT2D eigenvalue weighted by atomic mass is 16.7. The molecule has 2 aromatic rings. The molecule has 5 rings (SSSR count). The normalized spacial score (nSPS) is 28.8. The summed E-state index contributed by atoms with van der Waals surface area (Å²) in [7, 11) is 1.44. The van der Waals surface area contributed by atoms with Crippen molar-refractivity contribution in [1.82, 2.24) is 9.80 Å². The third-order valence-corrected chi connectivity index (χ3v) is 12.5. The average molecular weight is 882 g/mol. The van der Waals surface area contributed by atoms with Gasteiger partial charge in [-0.1, -0.05) is 59.8 Å². The Morgan fingerprint density at radius 2 is 1.57 bits per heavy atom. The molecule has 16 nitrogen and oxygen atoms in total. The number of Topliss-reactive ketones (excluding diaryl/α,β-unsaturated/α-hetero) is 1. The van der Waals surface area contributed by atoms with Crippen LogP contribution in [0.5, 0.6) is 23.0 Å². The van der Waals surface area contributed by atoms with E-state index in [0.29, 0.717) is 19.6 Å². The van der Waals surface area contributed by atoms with Crippen LogP contribution in [0.4, 0.5) is 5.69 Å². The van der Waals surface area contributed by atoms with Crippen molar-refractivity contribution in [2.24, 2.45) is 23.7 Å². The number of rotatable bonds is 11. The summed E-state index contributed by atoms with van der Waals surface area (Å²) in [5.41, 5.74) is -0.00604. The molecule has 63 heavy (non-hydrogen) atoms. The van der Waals surface area contributed by atoms with Crippen LogP contribution in [-0.4, -0.2) is 130 Å². The minimum atomic E-state index is -2.03. The number of benzene rings is 2. The number of anilines is 1. The Morgan fingerprint density at radius 3 is 2.17 bits per heavy atom. The van der Waals surface area contributed by atoms with Crippen molar-refractivity contribution < 1.29 is 63.3 Å². The first kappa shape index (κ1) is 50.5. The summed E-state index contributed by atoms with van der Waals surface area (Å²) < 4.78 is 30.0. The first-order valence-electron chi connectivity index (χ1n) is 21.7. The fourth-order valence-corrected chi connectivity index (χ4v) is 8.24. The lowest BCUT2D eigenvalue weighted by Gasteiger charge is -2.38. The number of esters is 1. The van der Waals surface area contributed by atoms with Crippen LogP contribution in [0.15, 0.2) is 42.2 Å². The Kier molecular flexibility index (Phi) is 17.2. The van der Waals surface area contributed by atoms with E-state index >= 15 is 0 Å². The predicted molar refractivity (Wildman–Crippen MR) is 238 cm³/mol. The van der Waals surface area contributed by atoms with E-state index in [1.54, 1.807) is 44.7 Å². The zero-order chi connectivity index (χ0) is 47.1. The quantitative estimate of drug-likeness (QED) is 0.137. The van der Waals surface area contributed by atoms with E-state index in [4.69, 9.17) is 23.7 Å². The largest absolute Gasteiger partial charge is 0.507 e. The van der Waals surface area contributed by atoms with Crippen molar-refractivity contribution in [3.8, 4) is 23.0 Å². The van der Waals surface area contributed by atoms with Crippen LogP contribution < -0.4 is 14.8 Å². The lowest BCUT2D eigenvalue weighted by atomic mass is 9.78. The number of likely N-dealkylation sites (N-methyl/N-ethyl adjacent to an activating group) is 2. The van der Waals surface area contributed by atoms with Gasteiger partial charge in [0.25, 0.3) is 17.6 Å². The number of ketones is 1. The van der Waals surface area contributed by atoms with Gasteiger partial charge in [0.2, 0.25) is 0 Å². The van der Waals surface area contributed by atoms with Crippen molar-refractivity contribution in [3.63, 3.8) is 0 Å². The Bertz CT molecular complexity index is 2100. The van der Waals surface area contributed by atoms with Crippen molar-refractivity contribution in [2.45, 2.75) is 106 Å². The van der Waals surface area contributed by atoms with Crippen molar-refractivity contribution in [3.05, 3.63) is 53.3 Å². The van der Waals surface area contributed by atoms with Gasteiger partial charge in [0.15, 0.2) is 12.4 Å². The standard InChI is InChI=1S/C47H67N3O13/c1-13-49(14-2)20-21-50(15-3)35(52)24-60-34-23-32-42(56)37-36(34)38-44(30(9)41(37)55)63-47(11,45(38)57)61-22-19-33(59-12)27(6)43(62-31(10)51)29(8)40(54)28(7)39(53)25(4)17-16-18-26(5)46(58)48-32/h16-19,22-23,25,27-29,33,39-40,43,53-56H,13-15,20-21,24H2,1-12H3,(H,48,58)/b17-16+,22-19+,26-18-/t25-,27-,28-,29-,33+,39-,40+,43-,47+/m1/s1. The molecule has 3 aliphatic heterocycles. The number of fused-ring (bicyclic) bond motifs is 14. The lowest BCUT2D eigenvalue weighted by Crippen LogP contribution is -2.46. The molecule has 5 bridgehead atoms. The highest BCUT2D eigenvalue weighted by molar-refractivity contribution is 6.21. The molecule has 0 saturated heterocycles. The van der Waals surface area contributed by atoms with Gasteiger partial charge in [0.05, 0.1) is 41.2 Å². The zero-order valence-corrected chi connectivity index (χ0v) is 38.7. The average Bonchev–Trinajstić information content (AvgIpc) is 3.52. The number of amides is 2. The van der Waals surface area contributed by atoms with Gasteiger partial charge >= 0.3 is 11.8 Å². The molecular formula is C47H67N3O13. The molecule has 16 heteroatoms. The number of aliphatic hydroxyl groups excluding tert-OH is 2. The molecule has 0 spiro atoms. The number of carbonyl (C=O) groups is 4. The van der Waals surface area contributed by atoms with E-state index in [1.165, 1.54) is 59.3 Å². The summed E-state index contributed by atoms with van der Waals surface area (Å²) >= 11 is 0. The SMILES string of the molecule is CCN(CC)CCN(CC)C(=O)COc1cc2c(O)c3c(O)c(C)c4c(c13)C(=O)[C@@](C)(O/C=C/[C@H](OC)[C@@H](C)[C@@H](OC(C)=O)[C@H](C)[C@@H](O)[C@H](C)[C@H](O)[C@H](C)/C=C/C=C(/C)C(=O)N2)O4. The zero-order valence-electron chi connectivity index (χ0n) is 38.7. The smallest absolute Gasteiger partial charge is 0.312 e. The number of carbonyl (C=O) groups excluding carboxylic acids is 4. The maximum Gasteiger partial charge on any atom is 0.312 e. The van der Waals surface area contributed by atoms with Crippen LogP contribution in [0.2, 0.25) is 0 Å². The van der Waals surface area contributed by atoms with Gasteiger partial charge in [-0.3, -0.25) is 19.2 Å². The second-order valence-corrected chi connectivity index (χ2v) is 16.7. The molecular weight excluding hydrogens is 815 g/mol. The molecule has 348 valence electrons. The summed E-state index contributed by atoms with van der Waals surface area (Å²) in [6.07, 6.45) is 3.61. The Balaban J connectivity index is 1.91. The highest BCUT2D eigenvalue weighted by Crippen LogP contribution is 2.54. The molecule has 0 aliphatic carbocycles. The number of phenolic OH excluding ortho intramolecular Hbond substituents is 2. The number of ether oxygens (including phenoxy) is 5. The maximum absolute atomic E-state index is 14.6. The van der Waals surface area contributed by atoms with Crippen molar-refractivity contribution >= 4 is 40.0 Å². The van der Waals surface area contributed by atoms with E-state index in [9.17, 15) is 39.6 Å². The lowest BCUT2D eigenvalue weighted by molar-refractivity contribution is -0.160. The second kappa shape index (κ2) is 21.5. The fraction of sp³-hybridized carbons (Fsp3) is 0.574. The number of allylic oxidation sites excluding steroid dienone is 2. The van der Waals surface area contributed by atoms with Gasteiger partial charge in [0.1, 0.15) is 23.4 Å². The van der Waals surface area contributed by atoms with Gasteiger partial charge < -0.3 is 59.2 Å². The minimum absolute atomic E-state index is 0.0568. The molecule has 5 N–H and O–H groups in total. The molecule has 0 unspecified atom stereocenters. The number of aromatic hydroxyl groups is 2. The van der Waals surface area contributed by atoms with Crippen LogP contribution in [0.3, 0.4) is 0 Å². The van der Waals surface area contributed by atoms with Crippen LogP contribution in [0.25, 0.3) is 10.8 Å². The molecule has 2 amide bonds. The molecule has 2 aromatic carbocycles. The second-order valence-electron chi connectivity index (χ2n) is 16.7.